The summed E-state index contributed by atoms with van der Waals surface area (Å²) in [7, 11) is 0. The summed E-state index contributed by atoms with van der Waals surface area (Å²) in [5, 5.41) is 18.1. The summed E-state index contributed by atoms with van der Waals surface area (Å²) in [6, 6.07) is 6.76. The van der Waals surface area contributed by atoms with Gasteiger partial charge < -0.3 is 10.0 Å². The van der Waals surface area contributed by atoms with Crippen molar-refractivity contribution in [2.45, 2.75) is 19.4 Å². The van der Waals surface area contributed by atoms with Crippen molar-refractivity contribution in [1.82, 2.24) is 15.1 Å². The van der Waals surface area contributed by atoms with Gasteiger partial charge in [-0.15, -0.1) is 0 Å². The Kier molecular flexibility index (Phi) is 4.62. The van der Waals surface area contributed by atoms with E-state index in [-0.39, 0.29) is 11.8 Å². The lowest BCUT2D eigenvalue weighted by Gasteiger charge is -2.16. The highest BCUT2D eigenvalue weighted by atomic mass is 35.5. The van der Waals surface area contributed by atoms with Crippen LogP contribution in [0.25, 0.3) is 0 Å². The Labute approximate surface area is 144 Å². The number of carbonyl (C=O) groups excluding carboxylic acids is 1. The van der Waals surface area contributed by atoms with Crippen LogP contribution in [0.4, 0.5) is 0 Å². The summed E-state index contributed by atoms with van der Waals surface area (Å²) in [6.07, 6.45) is 0.0788. The molecule has 1 aliphatic heterocycles. The largest absolute Gasteiger partial charge is 0.391 e. The zero-order valence-electron chi connectivity index (χ0n) is 12.6. The van der Waals surface area contributed by atoms with Gasteiger partial charge in [-0.25, -0.2) is 0 Å². The monoisotopic (exact) mass is 353 g/mol. The molecule has 1 aromatic heterocycles. The molecule has 122 valence electrons. The standard InChI is InChI=1S/C16H17Cl2N3O2/c1-9-4-12(20-19-9)5-11-7-21(8-15(11)22)16(23)10-2-3-13(17)14(18)6-10/h2-4,6,11,15,22H,5,7-8H2,1H3,(H,19,20)/t11-,15+/m1/s1. The fraction of sp³-hybridized carbons (Fsp3) is 0.375. The van der Waals surface area contributed by atoms with Crippen LogP contribution in [-0.2, 0) is 6.42 Å². The Morgan fingerprint density at radius 3 is 2.78 bits per heavy atom. The second-order valence-electron chi connectivity index (χ2n) is 5.91. The Morgan fingerprint density at radius 1 is 1.35 bits per heavy atom. The van der Waals surface area contributed by atoms with Crippen molar-refractivity contribution in [3.8, 4) is 0 Å². The van der Waals surface area contributed by atoms with Crippen molar-refractivity contribution >= 4 is 29.1 Å². The summed E-state index contributed by atoms with van der Waals surface area (Å²) in [4.78, 5) is 14.2. The van der Waals surface area contributed by atoms with E-state index in [1.807, 2.05) is 13.0 Å². The maximum atomic E-state index is 12.5. The number of benzene rings is 1. The normalized spacial score (nSPS) is 21.0. The van der Waals surface area contributed by atoms with Gasteiger partial charge >= 0.3 is 0 Å². The van der Waals surface area contributed by atoms with Crippen LogP contribution in [0.5, 0.6) is 0 Å². The number of carbonyl (C=O) groups is 1. The molecule has 5 nitrogen and oxygen atoms in total. The number of nitrogens with one attached hydrogen (secondary N) is 1. The van der Waals surface area contributed by atoms with Crippen molar-refractivity contribution in [3.63, 3.8) is 0 Å². The molecular weight excluding hydrogens is 337 g/mol. The number of β-amino-alcohol motifs (C(OH)–C–C–N with tert-alkyl or cyclic N) is 1. The number of nitrogens with zero attached hydrogens (tertiary/aromatic N) is 2. The summed E-state index contributed by atoms with van der Waals surface area (Å²) in [5.74, 6) is -0.173. The molecule has 3 rings (SSSR count). The minimum absolute atomic E-state index is 0.0237. The summed E-state index contributed by atoms with van der Waals surface area (Å²) in [6.45, 7) is 2.74. The molecule has 2 heterocycles. The molecule has 1 fully saturated rings. The first-order valence-corrected chi connectivity index (χ1v) is 8.13. The first-order valence-electron chi connectivity index (χ1n) is 7.37. The molecule has 2 atom stereocenters. The zero-order chi connectivity index (χ0) is 16.6. The van der Waals surface area contributed by atoms with Gasteiger partial charge in [-0.05, 0) is 37.6 Å². The van der Waals surface area contributed by atoms with Gasteiger partial charge in [0.15, 0.2) is 0 Å². The number of aliphatic hydroxyl groups excluding tert-OH is 1. The molecule has 0 spiro atoms. The third kappa shape index (κ3) is 3.52. The topological polar surface area (TPSA) is 69.2 Å². The number of aliphatic hydroxyl groups is 1. The molecule has 1 saturated heterocycles. The van der Waals surface area contributed by atoms with Crippen molar-refractivity contribution < 1.29 is 9.90 Å². The average Bonchev–Trinajstić information content (AvgIpc) is 3.08. The number of likely N-dealkylation sites (tertiary alicyclic amines) is 1. The second-order valence-corrected chi connectivity index (χ2v) is 6.73. The van der Waals surface area contributed by atoms with Gasteiger partial charge in [0.05, 0.1) is 21.8 Å². The van der Waals surface area contributed by atoms with Crippen LogP contribution in [0.3, 0.4) is 0 Å². The van der Waals surface area contributed by atoms with E-state index in [0.29, 0.717) is 35.1 Å². The Balaban J connectivity index is 1.69. The van der Waals surface area contributed by atoms with E-state index in [4.69, 9.17) is 23.2 Å². The van der Waals surface area contributed by atoms with Crippen LogP contribution < -0.4 is 0 Å². The minimum atomic E-state index is -0.557. The van der Waals surface area contributed by atoms with Crippen molar-refractivity contribution in [2.24, 2.45) is 5.92 Å². The summed E-state index contributed by atoms with van der Waals surface area (Å²) < 4.78 is 0. The number of rotatable bonds is 3. The lowest BCUT2D eigenvalue weighted by Crippen LogP contribution is -2.29. The van der Waals surface area contributed by atoms with E-state index < -0.39 is 6.10 Å². The van der Waals surface area contributed by atoms with Gasteiger partial charge in [0.25, 0.3) is 5.91 Å². The number of H-pyrrole nitrogens is 1. The van der Waals surface area contributed by atoms with E-state index >= 15 is 0 Å². The van der Waals surface area contributed by atoms with Gasteiger partial charge in [-0.1, -0.05) is 23.2 Å². The van der Waals surface area contributed by atoms with E-state index in [1.54, 1.807) is 23.1 Å². The lowest BCUT2D eigenvalue weighted by molar-refractivity contribution is 0.0764. The Morgan fingerprint density at radius 2 is 2.13 bits per heavy atom. The van der Waals surface area contributed by atoms with E-state index in [0.717, 1.165) is 11.4 Å². The van der Waals surface area contributed by atoms with Crippen molar-refractivity contribution in [3.05, 3.63) is 51.3 Å². The van der Waals surface area contributed by atoms with Crippen LogP contribution in [-0.4, -0.2) is 45.3 Å². The SMILES string of the molecule is Cc1cc(C[C@@H]2CN(C(=O)c3ccc(Cl)c(Cl)c3)C[C@@H]2O)n[nH]1. The molecule has 0 unspecified atom stereocenters. The Bertz CT molecular complexity index is 732. The third-order valence-corrected chi connectivity index (χ3v) is 4.83. The molecular formula is C16H17Cl2N3O2. The molecule has 0 bridgehead atoms. The number of hydrogen-bond acceptors (Lipinski definition) is 3. The van der Waals surface area contributed by atoms with Crippen LogP contribution in [0, 0.1) is 12.8 Å². The number of amides is 1. The molecule has 0 saturated carbocycles. The molecule has 7 heteroatoms. The van der Waals surface area contributed by atoms with Crippen LogP contribution in [0.1, 0.15) is 21.7 Å². The van der Waals surface area contributed by atoms with Crippen LogP contribution >= 0.6 is 23.2 Å². The highest BCUT2D eigenvalue weighted by Gasteiger charge is 2.34. The lowest BCUT2D eigenvalue weighted by atomic mass is 10.0. The molecule has 1 aromatic carbocycles. The number of halogens is 2. The predicted molar refractivity (Wildman–Crippen MR) is 88.9 cm³/mol. The molecule has 2 N–H and O–H groups in total. The zero-order valence-corrected chi connectivity index (χ0v) is 14.1. The number of aromatic amines is 1. The Hall–Kier alpha value is -1.56. The van der Waals surface area contributed by atoms with Gasteiger partial charge in [0, 0.05) is 30.3 Å². The summed E-state index contributed by atoms with van der Waals surface area (Å²) >= 11 is 11.8. The molecule has 0 radical (unpaired) electrons. The number of hydrogen-bond donors (Lipinski definition) is 2. The summed E-state index contributed by atoms with van der Waals surface area (Å²) in [5.41, 5.74) is 2.36. The van der Waals surface area contributed by atoms with Gasteiger partial charge in [-0.3, -0.25) is 9.89 Å². The first-order chi connectivity index (χ1) is 10.9. The van der Waals surface area contributed by atoms with Crippen LogP contribution in [0.15, 0.2) is 24.3 Å². The average molecular weight is 354 g/mol. The molecule has 23 heavy (non-hydrogen) atoms. The fourth-order valence-corrected chi connectivity index (χ4v) is 3.18. The quantitative estimate of drug-likeness (QED) is 0.891. The van der Waals surface area contributed by atoms with Gasteiger partial charge in [0.2, 0.25) is 0 Å². The molecule has 0 aliphatic carbocycles. The maximum Gasteiger partial charge on any atom is 0.254 e. The first kappa shape index (κ1) is 16.3. The van der Waals surface area contributed by atoms with E-state index in [1.165, 1.54) is 0 Å². The van der Waals surface area contributed by atoms with Gasteiger partial charge in [-0.2, -0.15) is 5.10 Å². The molecule has 1 aliphatic rings. The van der Waals surface area contributed by atoms with Crippen LogP contribution in [0.2, 0.25) is 10.0 Å². The highest BCUT2D eigenvalue weighted by Crippen LogP contribution is 2.26. The van der Waals surface area contributed by atoms with Crippen molar-refractivity contribution in [2.75, 3.05) is 13.1 Å². The third-order valence-electron chi connectivity index (χ3n) is 4.09. The second kappa shape index (κ2) is 6.51. The van der Waals surface area contributed by atoms with E-state index in [9.17, 15) is 9.90 Å². The maximum absolute atomic E-state index is 12.5. The highest BCUT2D eigenvalue weighted by molar-refractivity contribution is 6.42. The molecule has 1 amide bonds. The molecule has 2 aromatic rings. The number of aryl methyl sites for hydroxylation is 1. The minimum Gasteiger partial charge on any atom is -0.391 e. The fourth-order valence-electron chi connectivity index (χ4n) is 2.88. The van der Waals surface area contributed by atoms with Gasteiger partial charge in [0.1, 0.15) is 0 Å². The van der Waals surface area contributed by atoms with E-state index in [2.05, 4.69) is 10.2 Å². The smallest absolute Gasteiger partial charge is 0.254 e. The predicted octanol–water partition coefficient (Wildman–Crippen LogP) is 2.70. The number of aromatic nitrogens is 2. The van der Waals surface area contributed by atoms with Crippen molar-refractivity contribution in [1.29, 1.82) is 0 Å².